The second-order valence-corrected chi connectivity index (χ2v) is 2.46. The number of ether oxygens (including phenoxy) is 1. The molecular weight excluding hydrogens is 207 g/mol. The zero-order valence-electron chi connectivity index (χ0n) is 4.90. The highest BCUT2D eigenvalue weighted by Crippen LogP contribution is 1.89. The number of rotatable bonds is 4. The summed E-state index contributed by atoms with van der Waals surface area (Å²) >= 11 is 8.34. The molecule has 0 aliphatic rings. The summed E-state index contributed by atoms with van der Waals surface area (Å²) in [5.41, 5.74) is 0. The molecule has 0 amide bonds. The van der Waals surface area contributed by atoms with E-state index in [2.05, 4.69) is 20.7 Å². The van der Waals surface area contributed by atoms with Gasteiger partial charge in [-0.3, -0.25) is 4.79 Å². The topological polar surface area (TPSA) is 26.3 Å². The summed E-state index contributed by atoms with van der Waals surface area (Å²) in [6, 6.07) is 0. The second-order valence-electron chi connectivity index (χ2n) is 1.40. The molecule has 0 aromatic heterocycles. The average Bonchev–Trinajstić information content (AvgIpc) is 1.89. The van der Waals surface area contributed by atoms with E-state index in [4.69, 9.17) is 11.6 Å². The highest BCUT2D eigenvalue weighted by Gasteiger charge is 1.96. The number of hydrogen-bond donors (Lipinski definition) is 0. The minimum Gasteiger partial charge on any atom is -0.465 e. The number of halogens is 2. The Labute approximate surface area is 67.6 Å². The molecule has 2 nitrogen and oxygen atoms in total. The summed E-state index contributed by atoms with van der Waals surface area (Å²) in [6.45, 7) is 0.455. The Morgan fingerprint density at radius 1 is 1.67 bits per heavy atom. The zero-order valence-corrected chi connectivity index (χ0v) is 7.24. The van der Waals surface area contributed by atoms with Crippen molar-refractivity contribution in [2.75, 3.05) is 17.8 Å². The first kappa shape index (κ1) is 9.24. The first-order valence-corrected chi connectivity index (χ1v) is 4.24. The van der Waals surface area contributed by atoms with E-state index in [1.807, 2.05) is 0 Å². The number of hydrogen-bond acceptors (Lipinski definition) is 2. The van der Waals surface area contributed by atoms with Gasteiger partial charge in [0.1, 0.15) is 5.88 Å². The van der Waals surface area contributed by atoms with Crippen molar-refractivity contribution < 1.29 is 9.53 Å². The van der Waals surface area contributed by atoms with Crippen molar-refractivity contribution in [3.8, 4) is 0 Å². The van der Waals surface area contributed by atoms with Gasteiger partial charge >= 0.3 is 5.97 Å². The third kappa shape index (κ3) is 6.12. The third-order valence-electron chi connectivity index (χ3n) is 0.650. The molecule has 0 unspecified atom stereocenters. The maximum Gasteiger partial charge on any atom is 0.320 e. The molecule has 0 saturated carbocycles. The van der Waals surface area contributed by atoms with Crippen LogP contribution >= 0.6 is 27.5 Å². The van der Waals surface area contributed by atoms with Crippen LogP contribution in [0.1, 0.15) is 6.42 Å². The zero-order chi connectivity index (χ0) is 7.11. The lowest BCUT2D eigenvalue weighted by molar-refractivity contribution is -0.140. The van der Waals surface area contributed by atoms with E-state index in [0.29, 0.717) is 6.61 Å². The van der Waals surface area contributed by atoms with Gasteiger partial charge in [0.15, 0.2) is 0 Å². The summed E-state index contributed by atoms with van der Waals surface area (Å²) in [5.74, 6) is -0.403. The molecule has 0 radical (unpaired) electrons. The largest absolute Gasteiger partial charge is 0.465 e. The van der Waals surface area contributed by atoms with Gasteiger partial charge in [0.25, 0.3) is 0 Å². The molecule has 0 spiro atoms. The molecule has 0 N–H and O–H groups in total. The Morgan fingerprint density at radius 2 is 2.33 bits per heavy atom. The Kier molecular flexibility index (Phi) is 6.53. The summed E-state index contributed by atoms with van der Waals surface area (Å²) in [6.07, 6.45) is 0.836. The van der Waals surface area contributed by atoms with Crippen molar-refractivity contribution in [1.29, 1.82) is 0 Å². The van der Waals surface area contributed by atoms with Gasteiger partial charge in [-0.25, -0.2) is 0 Å². The van der Waals surface area contributed by atoms with E-state index in [-0.39, 0.29) is 11.8 Å². The molecule has 0 saturated heterocycles. The molecule has 0 bridgehead atoms. The summed E-state index contributed by atoms with van der Waals surface area (Å²) < 4.78 is 4.63. The van der Waals surface area contributed by atoms with E-state index < -0.39 is 0 Å². The average molecular weight is 215 g/mol. The minimum absolute atomic E-state index is 0.0533. The van der Waals surface area contributed by atoms with Gasteiger partial charge in [-0.2, -0.15) is 0 Å². The Morgan fingerprint density at radius 3 is 2.78 bits per heavy atom. The van der Waals surface area contributed by atoms with Crippen LogP contribution in [0.3, 0.4) is 0 Å². The Bertz CT molecular complexity index is 87.0. The van der Waals surface area contributed by atoms with Crippen LogP contribution < -0.4 is 0 Å². The fraction of sp³-hybridized carbons (Fsp3) is 0.800. The van der Waals surface area contributed by atoms with Crippen LogP contribution in [-0.2, 0) is 9.53 Å². The molecule has 0 atom stereocenters. The third-order valence-corrected chi connectivity index (χ3v) is 1.43. The molecule has 0 aliphatic carbocycles. The standard InChI is InChI=1S/C5H8BrClO2/c6-2-1-3-9-5(8)4-7/h1-4H2. The SMILES string of the molecule is O=C(CCl)OCCCBr. The van der Waals surface area contributed by atoms with E-state index in [1.165, 1.54) is 0 Å². The monoisotopic (exact) mass is 214 g/mol. The highest BCUT2D eigenvalue weighted by molar-refractivity contribution is 9.09. The molecule has 0 heterocycles. The molecule has 9 heavy (non-hydrogen) atoms. The van der Waals surface area contributed by atoms with Gasteiger partial charge in [0, 0.05) is 5.33 Å². The van der Waals surface area contributed by atoms with Gasteiger partial charge in [-0.15, -0.1) is 11.6 Å². The smallest absolute Gasteiger partial charge is 0.320 e. The summed E-state index contributed by atoms with van der Waals surface area (Å²) in [7, 11) is 0. The number of carbonyl (C=O) groups excluding carboxylic acids is 1. The number of alkyl halides is 2. The first-order chi connectivity index (χ1) is 4.31. The second kappa shape index (κ2) is 6.36. The summed E-state index contributed by atoms with van der Waals surface area (Å²) in [5, 5.41) is 0.850. The Hall–Kier alpha value is 0.240. The number of carbonyl (C=O) groups is 1. The van der Waals surface area contributed by atoms with Crippen LogP contribution in [0.2, 0.25) is 0 Å². The fourth-order valence-electron chi connectivity index (χ4n) is 0.279. The van der Waals surface area contributed by atoms with Crippen LogP contribution in [-0.4, -0.2) is 23.8 Å². The molecule has 0 rings (SSSR count). The molecule has 4 heteroatoms. The normalized spacial score (nSPS) is 9.11. The number of esters is 1. The van der Waals surface area contributed by atoms with Crippen molar-refractivity contribution in [2.45, 2.75) is 6.42 Å². The van der Waals surface area contributed by atoms with Gasteiger partial charge in [-0.05, 0) is 6.42 Å². The maximum atomic E-state index is 10.3. The van der Waals surface area contributed by atoms with Crippen molar-refractivity contribution in [3.63, 3.8) is 0 Å². The minimum atomic E-state index is -0.349. The highest BCUT2D eigenvalue weighted by atomic mass is 79.9. The Balaban J connectivity index is 2.97. The predicted octanol–water partition coefficient (Wildman–Crippen LogP) is 1.55. The van der Waals surface area contributed by atoms with Crippen LogP contribution in [0, 0.1) is 0 Å². The lowest BCUT2D eigenvalue weighted by atomic mass is 10.5. The quantitative estimate of drug-likeness (QED) is 0.404. The lowest BCUT2D eigenvalue weighted by Gasteiger charge is -1.97. The van der Waals surface area contributed by atoms with Gasteiger partial charge in [0.05, 0.1) is 6.61 Å². The van der Waals surface area contributed by atoms with E-state index in [1.54, 1.807) is 0 Å². The van der Waals surface area contributed by atoms with Crippen molar-refractivity contribution >= 4 is 33.5 Å². The molecule has 0 aromatic rings. The van der Waals surface area contributed by atoms with E-state index in [9.17, 15) is 4.79 Å². The molecular formula is C5H8BrClO2. The summed E-state index contributed by atoms with van der Waals surface area (Å²) in [4.78, 5) is 10.3. The first-order valence-electron chi connectivity index (χ1n) is 2.58. The molecule has 0 aliphatic heterocycles. The van der Waals surface area contributed by atoms with Crippen molar-refractivity contribution in [1.82, 2.24) is 0 Å². The predicted molar refractivity (Wildman–Crippen MR) is 40.1 cm³/mol. The molecule has 0 fully saturated rings. The molecule has 54 valence electrons. The fourth-order valence-corrected chi connectivity index (χ4v) is 0.585. The van der Waals surface area contributed by atoms with Gasteiger partial charge < -0.3 is 4.74 Å². The molecule has 0 aromatic carbocycles. The van der Waals surface area contributed by atoms with E-state index in [0.717, 1.165) is 11.8 Å². The van der Waals surface area contributed by atoms with Crippen LogP contribution in [0.4, 0.5) is 0 Å². The van der Waals surface area contributed by atoms with Crippen molar-refractivity contribution in [3.05, 3.63) is 0 Å². The maximum absolute atomic E-state index is 10.3. The lowest BCUT2D eigenvalue weighted by Crippen LogP contribution is -2.06. The van der Waals surface area contributed by atoms with Crippen LogP contribution in [0.5, 0.6) is 0 Å². The van der Waals surface area contributed by atoms with Gasteiger partial charge in [-0.1, -0.05) is 15.9 Å². The van der Waals surface area contributed by atoms with Gasteiger partial charge in [0.2, 0.25) is 0 Å². The van der Waals surface area contributed by atoms with Crippen molar-refractivity contribution in [2.24, 2.45) is 0 Å². The van der Waals surface area contributed by atoms with Crippen LogP contribution in [0.15, 0.2) is 0 Å². The van der Waals surface area contributed by atoms with E-state index >= 15 is 0 Å². The van der Waals surface area contributed by atoms with Crippen LogP contribution in [0.25, 0.3) is 0 Å².